The number of carbonyl (C=O) groups is 3. The van der Waals surface area contributed by atoms with Crippen LogP contribution in [0, 0.1) is 0 Å². The van der Waals surface area contributed by atoms with Crippen molar-refractivity contribution in [2.75, 3.05) is 38.6 Å². The van der Waals surface area contributed by atoms with E-state index >= 15 is 0 Å². The van der Waals surface area contributed by atoms with Crippen molar-refractivity contribution in [1.29, 1.82) is 0 Å². The molecule has 1 aromatic carbocycles. The Balaban J connectivity index is 1.21. The van der Waals surface area contributed by atoms with Crippen molar-refractivity contribution in [2.24, 2.45) is 0 Å². The summed E-state index contributed by atoms with van der Waals surface area (Å²) < 4.78 is 8.51. The fraction of sp³-hybridized carbons (Fsp3) is 0.447. The molecule has 0 unspecified atom stereocenters. The topological polar surface area (TPSA) is 176 Å². The molecule has 14 nitrogen and oxygen atoms in total. The first-order valence-corrected chi connectivity index (χ1v) is 17.7. The van der Waals surface area contributed by atoms with E-state index in [9.17, 15) is 14.4 Å². The number of nitrogens with zero attached hydrogens (tertiary/aromatic N) is 6. The average Bonchev–Trinajstić information content (AvgIpc) is 3.76. The number of hydrogen-bond acceptors (Lipinski definition) is 10. The van der Waals surface area contributed by atoms with Crippen molar-refractivity contribution in [3.8, 4) is 5.75 Å². The van der Waals surface area contributed by atoms with Gasteiger partial charge in [0.25, 0.3) is 5.91 Å². The molecular formula is C38H47N9O5. The normalized spacial score (nSPS) is 19.3. The molecule has 0 spiro atoms. The number of carbonyl (C=O) groups excluding carboxylic acids is 3. The molecule has 2 atom stereocenters. The third kappa shape index (κ3) is 7.67. The molecule has 52 heavy (non-hydrogen) atoms. The average molecular weight is 710 g/mol. The van der Waals surface area contributed by atoms with Crippen LogP contribution in [-0.2, 0) is 21.2 Å². The van der Waals surface area contributed by atoms with E-state index in [1.807, 2.05) is 67.6 Å². The fourth-order valence-corrected chi connectivity index (χ4v) is 6.83. The number of rotatable bonds is 12. The number of aldehydes is 1. The molecule has 2 aliphatic rings. The van der Waals surface area contributed by atoms with Crippen LogP contribution in [0.2, 0.25) is 0 Å². The van der Waals surface area contributed by atoms with Gasteiger partial charge in [-0.3, -0.25) is 19.3 Å². The van der Waals surface area contributed by atoms with Gasteiger partial charge in [0.1, 0.15) is 29.0 Å². The van der Waals surface area contributed by atoms with Crippen LogP contribution in [0.15, 0.2) is 60.8 Å². The van der Waals surface area contributed by atoms with Crippen molar-refractivity contribution in [1.82, 2.24) is 40.1 Å². The molecule has 3 heterocycles. The van der Waals surface area contributed by atoms with Gasteiger partial charge in [0.2, 0.25) is 5.82 Å². The number of pyridine rings is 1. The van der Waals surface area contributed by atoms with Crippen LogP contribution in [-0.4, -0.2) is 86.1 Å². The Kier molecular flexibility index (Phi) is 10.4. The maximum absolute atomic E-state index is 13.6. The van der Waals surface area contributed by atoms with Gasteiger partial charge in [-0.25, -0.2) is 14.8 Å². The molecule has 0 radical (unpaired) electrons. The SMILES string of the molecule is CN(CCO)CCNC(=O)c1nc(NC(=O)N[C@@]2(C=O)C=C[C@@H](Oc3ccc4nnc(C5(C)CCCC5)n4c3)c3ccccc32)cc(C(C)(C)C)n1. The summed E-state index contributed by atoms with van der Waals surface area (Å²) >= 11 is 0. The highest BCUT2D eigenvalue weighted by molar-refractivity contribution is 5.94. The lowest BCUT2D eigenvalue weighted by molar-refractivity contribution is -0.111. The number of ether oxygens (including phenoxy) is 1. The number of aliphatic hydroxyl groups excluding tert-OH is 1. The Morgan fingerprint density at radius 3 is 2.60 bits per heavy atom. The summed E-state index contributed by atoms with van der Waals surface area (Å²) in [4.78, 5) is 50.2. The smallest absolute Gasteiger partial charge is 0.321 e. The zero-order chi connectivity index (χ0) is 37.1. The lowest BCUT2D eigenvalue weighted by atomic mass is 9.81. The minimum Gasteiger partial charge on any atom is -0.480 e. The van der Waals surface area contributed by atoms with Gasteiger partial charge >= 0.3 is 6.03 Å². The third-order valence-corrected chi connectivity index (χ3v) is 9.84. The second-order valence-corrected chi connectivity index (χ2v) is 14.9. The fourth-order valence-electron chi connectivity index (χ4n) is 6.83. The summed E-state index contributed by atoms with van der Waals surface area (Å²) in [5.74, 6) is 1.03. The van der Waals surface area contributed by atoms with Crippen LogP contribution in [0.4, 0.5) is 10.6 Å². The first-order valence-electron chi connectivity index (χ1n) is 17.7. The summed E-state index contributed by atoms with van der Waals surface area (Å²) in [6.45, 7) is 9.38. The Labute approximate surface area is 303 Å². The number of nitrogens with one attached hydrogen (secondary N) is 3. The van der Waals surface area contributed by atoms with Crippen LogP contribution in [0.25, 0.3) is 5.65 Å². The molecule has 0 saturated heterocycles. The zero-order valence-electron chi connectivity index (χ0n) is 30.3. The first kappa shape index (κ1) is 36.6. The van der Waals surface area contributed by atoms with Crippen LogP contribution < -0.4 is 20.7 Å². The van der Waals surface area contributed by atoms with Crippen molar-refractivity contribution in [2.45, 2.75) is 75.9 Å². The van der Waals surface area contributed by atoms with Crippen LogP contribution in [0.3, 0.4) is 0 Å². The van der Waals surface area contributed by atoms with Gasteiger partial charge in [-0.05, 0) is 49.7 Å². The highest BCUT2D eigenvalue weighted by atomic mass is 16.5. The van der Waals surface area contributed by atoms with E-state index in [0.29, 0.717) is 48.5 Å². The number of aromatic nitrogens is 5. The van der Waals surface area contributed by atoms with Crippen molar-refractivity contribution in [3.63, 3.8) is 0 Å². The van der Waals surface area contributed by atoms with Crippen molar-refractivity contribution in [3.05, 3.63) is 89.3 Å². The second kappa shape index (κ2) is 14.8. The van der Waals surface area contributed by atoms with Gasteiger partial charge in [-0.15, -0.1) is 10.2 Å². The van der Waals surface area contributed by atoms with Gasteiger partial charge in [0.05, 0.1) is 18.5 Å². The van der Waals surface area contributed by atoms with Gasteiger partial charge < -0.3 is 25.4 Å². The quantitative estimate of drug-likeness (QED) is 0.123. The third-order valence-electron chi connectivity index (χ3n) is 9.84. The predicted molar refractivity (Wildman–Crippen MR) is 195 cm³/mol. The molecule has 1 saturated carbocycles. The highest BCUT2D eigenvalue weighted by Gasteiger charge is 2.39. The van der Waals surface area contributed by atoms with Gasteiger partial charge in [-0.1, -0.05) is 64.8 Å². The van der Waals surface area contributed by atoms with Crippen LogP contribution in [0.5, 0.6) is 5.75 Å². The van der Waals surface area contributed by atoms with E-state index in [0.717, 1.165) is 37.2 Å². The highest BCUT2D eigenvalue weighted by Crippen LogP contribution is 2.41. The predicted octanol–water partition coefficient (Wildman–Crippen LogP) is 4.21. The number of hydrogen-bond donors (Lipinski definition) is 4. The van der Waals surface area contributed by atoms with E-state index in [1.54, 1.807) is 30.4 Å². The van der Waals surface area contributed by atoms with Crippen molar-refractivity contribution < 1.29 is 24.2 Å². The molecule has 3 aromatic heterocycles. The Morgan fingerprint density at radius 1 is 1.10 bits per heavy atom. The molecular weight excluding hydrogens is 662 g/mol. The van der Waals surface area contributed by atoms with Gasteiger partial charge in [0.15, 0.2) is 11.9 Å². The van der Waals surface area contributed by atoms with Gasteiger partial charge in [0, 0.05) is 42.1 Å². The molecule has 0 aliphatic heterocycles. The number of likely N-dealkylation sites (N-methyl/N-ethyl adjacent to an activating group) is 1. The number of anilines is 1. The number of aliphatic hydroxyl groups is 1. The van der Waals surface area contributed by atoms with E-state index in [-0.39, 0.29) is 23.7 Å². The second-order valence-electron chi connectivity index (χ2n) is 14.9. The number of amides is 3. The standard InChI is InChI=1S/C38H47N9O5/c1-36(2,3)29-22-30(41-32(40-29)33(50)39-18-19-46(5)20-21-48)42-35(51)43-38(24-49)17-14-28(26-10-6-7-11-27(26)38)52-25-12-13-31-44-45-34(47(31)23-25)37(4)15-8-9-16-37/h6-7,10-14,17,22-24,28,48H,8-9,15-16,18-21H2,1-5H3,(H,39,50)(H2,40,41,42,43,51)/t28-,38-/m1/s1. The summed E-state index contributed by atoms with van der Waals surface area (Å²) in [6, 6.07) is 12.0. The van der Waals surface area contributed by atoms with E-state index in [1.165, 1.54) is 0 Å². The zero-order valence-corrected chi connectivity index (χ0v) is 30.3. The number of benzene rings is 1. The largest absolute Gasteiger partial charge is 0.480 e. The molecule has 2 aliphatic carbocycles. The van der Waals surface area contributed by atoms with Gasteiger partial charge in [-0.2, -0.15) is 0 Å². The summed E-state index contributed by atoms with van der Waals surface area (Å²) in [7, 11) is 1.84. The van der Waals surface area contributed by atoms with Crippen LogP contribution >= 0.6 is 0 Å². The number of urea groups is 1. The lowest BCUT2D eigenvalue weighted by Crippen LogP contribution is -2.49. The Bertz CT molecular complexity index is 1980. The summed E-state index contributed by atoms with van der Waals surface area (Å²) in [5.41, 5.74) is 0.541. The van der Waals surface area contributed by atoms with E-state index in [2.05, 4.69) is 43.0 Å². The molecule has 4 N–H and O–H groups in total. The minimum absolute atomic E-state index is 0.0152. The molecule has 14 heteroatoms. The molecule has 3 amide bonds. The maximum Gasteiger partial charge on any atom is 0.321 e. The molecule has 274 valence electrons. The monoisotopic (exact) mass is 709 g/mol. The maximum atomic E-state index is 13.6. The number of fused-ring (bicyclic) bond motifs is 2. The van der Waals surface area contributed by atoms with Crippen molar-refractivity contribution >= 4 is 29.7 Å². The van der Waals surface area contributed by atoms with Crippen LogP contribution in [0.1, 0.15) is 92.7 Å². The van der Waals surface area contributed by atoms with E-state index in [4.69, 9.17) is 9.84 Å². The van der Waals surface area contributed by atoms with E-state index < -0.39 is 29.0 Å². The molecule has 6 rings (SSSR count). The Hall–Kier alpha value is -5.21. The minimum atomic E-state index is -1.51. The summed E-state index contributed by atoms with van der Waals surface area (Å²) in [5, 5.41) is 26.4. The lowest BCUT2D eigenvalue weighted by Gasteiger charge is -2.34. The molecule has 1 fully saturated rings. The Morgan fingerprint density at radius 2 is 1.87 bits per heavy atom. The summed E-state index contributed by atoms with van der Waals surface area (Å²) in [6.07, 6.45) is 9.88. The molecule has 4 aromatic rings. The molecule has 0 bridgehead atoms. The first-order chi connectivity index (χ1) is 24.8.